The van der Waals surface area contributed by atoms with Gasteiger partial charge in [-0.3, -0.25) is 4.79 Å². The summed E-state index contributed by atoms with van der Waals surface area (Å²) in [5.41, 5.74) is 0.873. The van der Waals surface area contributed by atoms with Crippen molar-refractivity contribution in [1.29, 1.82) is 0 Å². The summed E-state index contributed by atoms with van der Waals surface area (Å²) in [6.45, 7) is 1.99. The highest BCUT2D eigenvalue weighted by Gasteiger charge is 2.25. The second-order valence-corrected chi connectivity index (χ2v) is 5.08. The van der Waals surface area contributed by atoms with Crippen LogP contribution in [-0.4, -0.2) is 11.5 Å². The number of halogens is 1. The lowest BCUT2D eigenvalue weighted by Crippen LogP contribution is -2.19. The molecule has 0 aliphatic carbocycles. The summed E-state index contributed by atoms with van der Waals surface area (Å²) in [7, 11) is 0. The summed E-state index contributed by atoms with van der Waals surface area (Å²) in [5.74, 6) is 1.33. The Bertz CT molecular complexity index is 362. The van der Waals surface area contributed by atoms with Crippen molar-refractivity contribution in [2.24, 2.45) is 5.92 Å². The largest absolute Gasteiger partial charge is 0.294 e. The first-order valence-electron chi connectivity index (χ1n) is 4.15. The van der Waals surface area contributed by atoms with Gasteiger partial charge in [-0.1, -0.05) is 19.1 Å². The Morgan fingerprint density at radius 1 is 1.54 bits per heavy atom. The molecule has 0 saturated carbocycles. The van der Waals surface area contributed by atoms with Crippen LogP contribution in [0.3, 0.4) is 0 Å². The number of carbonyl (C=O) groups excluding carboxylic acids is 1. The molecule has 1 aromatic carbocycles. The Morgan fingerprint density at radius 2 is 2.31 bits per heavy atom. The quantitative estimate of drug-likeness (QED) is 0.708. The van der Waals surface area contributed by atoms with Gasteiger partial charge in [-0.15, -0.1) is 11.8 Å². The van der Waals surface area contributed by atoms with Crippen molar-refractivity contribution >= 4 is 33.5 Å². The van der Waals surface area contributed by atoms with E-state index in [1.165, 1.54) is 0 Å². The Balaban J connectivity index is 2.55. The summed E-state index contributed by atoms with van der Waals surface area (Å²) in [5, 5.41) is 0. The number of fused-ring (bicyclic) bond motifs is 1. The van der Waals surface area contributed by atoms with Crippen molar-refractivity contribution in [3.8, 4) is 0 Å². The van der Waals surface area contributed by atoms with Crippen molar-refractivity contribution in [2.75, 3.05) is 5.75 Å². The van der Waals surface area contributed by atoms with Crippen molar-refractivity contribution < 1.29 is 4.79 Å². The molecule has 1 aliphatic heterocycles. The monoisotopic (exact) mass is 256 g/mol. The van der Waals surface area contributed by atoms with E-state index in [9.17, 15) is 4.79 Å². The third-order valence-corrected chi connectivity index (χ3v) is 4.48. The van der Waals surface area contributed by atoms with Crippen LogP contribution in [0.1, 0.15) is 17.3 Å². The van der Waals surface area contributed by atoms with Gasteiger partial charge in [0.1, 0.15) is 0 Å². The Labute approximate surface area is 90.0 Å². The highest BCUT2D eigenvalue weighted by molar-refractivity contribution is 9.10. The van der Waals surface area contributed by atoms with Gasteiger partial charge in [0.2, 0.25) is 0 Å². The van der Waals surface area contributed by atoms with E-state index < -0.39 is 0 Å². The maximum absolute atomic E-state index is 11.7. The van der Waals surface area contributed by atoms with Crippen LogP contribution in [0.25, 0.3) is 0 Å². The Morgan fingerprint density at radius 3 is 3.08 bits per heavy atom. The summed E-state index contributed by atoms with van der Waals surface area (Å²) in [4.78, 5) is 12.8. The van der Waals surface area contributed by atoms with Crippen molar-refractivity contribution in [2.45, 2.75) is 11.8 Å². The minimum Gasteiger partial charge on any atom is -0.294 e. The first kappa shape index (κ1) is 9.28. The van der Waals surface area contributed by atoms with E-state index in [0.29, 0.717) is 0 Å². The third-order valence-electron chi connectivity index (χ3n) is 2.16. The number of benzene rings is 1. The molecule has 1 aromatic rings. The van der Waals surface area contributed by atoms with E-state index in [0.717, 1.165) is 20.7 Å². The Kier molecular flexibility index (Phi) is 2.47. The molecule has 1 aliphatic rings. The highest BCUT2D eigenvalue weighted by Crippen LogP contribution is 2.37. The molecule has 1 atom stereocenters. The molecule has 0 N–H and O–H groups in total. The zero-order chi connectivity index (χ0) is 9.42. The lowest BCUT2D eigenvalue weighted by atomic mass is 10.0. The van der Waals surface area contributed by atoms with E-state index >= 15 is 0 Å². The fourth-order valence-electron chi connectivity index (χ4n) is 1.40. The van der Waals surface area contributed by atoms with Crippen LogP contribution in [0.2, 0.25) is 0 Å². The molecule has 2 rings (SSSR count). The number of carbonyl (C=O) groups is 1. The van der Waals surface area contributed by atoms with Gasteiger partial charge < -0.3 is 0 Å². The molecule has 0 aromatic heterocycles. The Hall–Kier alpha value is -0.280. The molecule has 0 saturated heterocycles. The maximum Gasteiger partial charge on any atom is 0.167 e. The van der Waals surface area contributed by atoms with Crippen LogP contribution < -0.4 is 0 Å². The van der Waals surface area contributed by atoms with Gasteiger partial charge in [-0.05, 0) is 22.0 Å². The minimum absolute atomic E-state index is 0.159. The number of rotatable bonds is 0. The van der Waals surface area contributed by atoms with Gasteiger partial charge >= 0.3 is 0 Å². The van der Waals surface area contributed by atoms with Gasteiger partial charge in [0.15, 0.2) is 5.78 Å². The first-order valence-corrected chi connectivity index (χ1v) is 5.93. The average molecular weight is 257 g/mol. The molecule has 1 nitrogen and oxygen atoms in total. The normalized spacial score (nSPS) is 21.4. The number of Topliss-reactive ketones (excluding diaryl/α,β-unsaturated/α-hetero) is 1. The molecule has 1 heterocycles. The van der Waals surface area contributed by atoms with E-state index in [2.05, 4.69) is 15.9 Å². The minimum atomic E-state index is 0.159. The molecule has 0 fully saturated rings. The van der Waals surface area contributed by atoms with E-state index in [4.69, 9.17) is 0 Å². The molecular formula is C10H9BrOS. The van der Waals surface area contributed by atoms with Gasteiger partial charge in [0.25, 0.3) is 0 Å². The number of hydrogen-bond donors (Lipinski definition) is 0. The highest BCUT2D eigenvalue weighted by atomic mass is 79.9. The van der Waals surface area contributed by atoms with Gasteiger partial charge in [0.05, 0.1) is 0 Å². The standard InChI is InChI=1S/C10H9BrOS/c1-6-5-13-10-7(9(6)12)3-2-4-8(10)11/h2-4,6H,5H2,1H3. The molecule has 0 bridgehead atoms. The average Bonchev–Trinajstić information content (AvgIpc) is 2.12. The van der Waals surface area contributed by atoms with Crippen molar-refractivity contribution in [3.05, 3.63) is 28.2 Å². The van der Waals surface area contributed by atoms with Crippen LogP contribution in [0.5, 0.6) is 0 Å². The summed E-state index contributed by atoms with van der Waals surface area (Å²) in [6, 6.07) is 5.81. The molecule has 3 heteroatoms. The SMILES string of the molecule is CC1CSc2c(Br)cccc2C1=O. The van der Waals surface area contributed by atoms with Gasteiger partial charge in [0, 0.05) is 26.6 Å². The van der Waals surface area contributed by atoms with Crippen molar-refractivity contribution in [1.82, 2.24) is 0 Å². The first-order chi connectivity index (χ1) is 6.20. The summed E-state index contributed by atoms with van der Waals surface area (Å²) < 4.78 is 1.04. The zero-order valence-electron chi connectivity index (χ0n) is 7.21. The van der Waals surface area contributed by atoms with Crippen molar-refractivity contribution in [3.63, 3.8) is 0 Å². The fraction of sp³-hybridized carbons (Fsp3) is 0.300. The lowest BCUT2D eigenvalue weighted by Gasteiger charge is -2.20. The maximum atomic E-state index is 11.7. The second kappa shape index (κ2) is 3.46. The van der Waals surface area contributed by atoms with E-state index in [1.54, 1.807) is 11.8 Å². The van der Waals surface area contributed by atoms with Crippen LogP contribution in [0.15, 0.2) is 27.6 Å². The number of hydrogen-bond acceptors (Lipinski definition) is 2. The molecule has 1 unspecified atom stereocenters. The molecule has 13 heavy (non-hydrogen) atoms. The summed E-state index contributed by atoms with van der Waals surface area (Å²) >= 11 is 5.22. The molecule has 0 spiro atoms. The third kappa shape index (κ3) is 1.55. The summed E-state index contributed by atoms with van der Waals surface area (Å²) in [6.07, 6.45) is 0. The fourth-order valence-corrected chi connectivity index (χ4v) is 3.21. The van der Waals surface area contributed by atoms with E-state index in [-0.39, 0.29) is 11.7 Å². The second-order valence-electron chi connectivity index (χ2n) is 3.19. The van der Waals surface area contributed by atoms with Crippen LogP contribution >= 0.6 is 27.7 Å². The number of ketones is 1. The molecule has 0 radical (unpaired) electrons. The molecular weight excluding hydrogens is 248 g/mol. The molecule has 0 amide bonds. The topological polar surface area (TPSA) is 17.1 Å². The number of thioether (sulfide) groups is 1. The van der Waals surface area contributed by atoms with Crippen LogP contribution in [0.4, 0.5) is 0 Å². The van der Waals surface area contributed by atoms with Crippen LogP contribution in [0, 0.1) is 5.92 Å². The smallest absolute Gasteiger partial charge is 0.167 e. The van der Waals surface area contributed by atoms with Gasteiger partial charge in [-0.2, -0.15) is 0 Å². The molecule has 68 valence electrons. The van der Waals surface area contributed by atoms with E-state index in [1.807, 2.05) is 25.1 Å². The predicted octanol–water partition coefficient (Wildman–Crippen LogP) is 3.37. The zero-order valence-corrected chi connectivity index (χ0v) is 9.61. The lowest BCUT2D eigenvalue weighted by molar-refractivity contribution is 0.0936. The van der Waals surface area contributed by atoms with Gasteiger partial charge in [-0.25, -0.2) is 0 Å². The predicted molar refractivity (Wildman–Crippen MR) is 58.4 cm³/mol. The van der Waals surface area contributed by atoms with Crippen LogP contribution in [-0.2, 0) is 0 Å².